The fourth-order valence-electron chi connectivity index (χ4n) is 4.80. The molecule has 3 heterocycles. The van der Waals surface area contributed by atoms with Crippen LogP contribution in [0.15, 0.2) is 65.4 Å². The zero-order chi connectivity index (χ0) is 27.7. The Balaban J connectivity index is 1.35. The summed E-state index contributed by atoms with van der Waals surface area (Å²) in [6.45, 7) is 2.65. The van der Waals surface area contributed by atoms with Gasteiger partial charge in [0.25, 0.3) is 0 Å². The van der Waals surface area contributed by atoms with Gasteiger partial charge in [-0.15, -0.1) is 0 Å². The van der Waals surface area contributed by atoms with Gasteiger partial charge in [-0.2, -0.15) is 0 Å². The van der Waals surface area contributed by atoms with Crippen LogP contribution in [-0.4, -0.2) is 34.9 Å². The topological polar surface area (TPSA) is 108 Å². The van der Waals surface area contributed by atoms with E-state index in [0.717, 1.165) is 16.7 Å². The first-order valence-corrected chi connectivity index (χ1v) is 13.2. The Morgan fingerprint density at radius 3 is 2.72 bits per heavy atom. The number of halogens is 3. The molecule has 1 aliphatic heterocycles. The normalized spacial score (nSPS) is 15.2. The van der Waals surface area contributed by atoms with E-state index in [1.807, 2.05) is 36.4 Å². The third kappa shape index (κ3) is 5.45. The first kappa shape index (κ1) is 27.0. The van der Waals surface area contributed by atoms with E-state index < -0.39 is 18.0 Å². The molecule has 1 unspecified atom stereocenters. The number of carbonyl (C=O) groups excluding carboxylic acids is 1. The number of nitrogens with zero attached hydrogens (tertiary/aromatic N) is 2. The maximum Gasteiger partial charge on any atom is 0.240 e. The molecule has 5 rings (SSSR count). The highest BCUT2D eigenvalue weighted by atomic mass is 35.5. The van der Waals surface area contributed by atoms with E-state index in [-0.39, 0.29) is 27.5 Å². The summed E-state index contributed by atoms with van der Waals surface area (Å²) in [5.74, 6) is -0.364. The molecule has 0 aliphatic carbocycles. The summed E-state index contributed by atoms with van der Waals surface area (Å²) >= 11 is 12.4. The minimum Gasteiger partial charge on any atom is -0.478 e. The van der Waals surface area contributed by atoms with Crippen molar-refractivity contribution in [2.24, 2.45) is 5.73 Å². The van der Waals surface area contributed by atoms with Crippen LogP contribution in [0.2, 0.25) is 10.0 Å². The molecule has 0 bridgehead atoms. The highest BCUT2D eigenvalue weighted by Crippen LogP contribution is 2.41. The molecular formula is C29H27Cl2FN4O3. The second kappa shape index (κ2) is 11.3. The Labute approximate surface area is 235 Å². The fraction of sp³-hybridized carbons (Fsp3) is 0.241. The van der Waals surface area contributed by atoms with Gasteiger partial charge in [-0.25, -0.2) is 9.37 Å². The second-order valence-corrected chi connectivity index (χ2v) is 10.2. The highest BCUT2D eigenvalue weighted by molar-refractivity contribution is 6.36. The molecule has 0 saturated heterocycles. The van der Waals surface area contributed by atoms with Crippen LogP contribution in [0.4, 0.5) is 10.2 Å². The summed E-state index contributed by atoms with van der Waals surface area (Å²) in [6, 6.07) is 11.7. The van der Waals surface area contributed by atoms with E-state index >= 15 is 0 Å². The Hall–Kier alpha value is -3.59. The van der Waals surface area contributed by atoms with Crippen molar-refractivity contribution in [2.45, 2.75) is 31.9 Å². The minimum absolute atomic E-state index is 0.0833. The van der Waals surface area contributed by atoms with E-state index in [2.05, 4.69) is 4.98 Å². The third-order valence-electron chi connectivity index (χ3n) is 6.86. The Bertz CT molecular complexity index is 1560. The number of furan rings is 1. The van der Waals surface area contributed by atoms with Crippen LogP contribution in [0.1, 0.15) is 36.1 Å². The molecular weight excluding hydrogens is 542 g/mol. The number of nitrogen functional groups attached to an aromatic ring is 1. The summed E-state index contributed by atoms with van der Waals surface area (Å²) in [5.41, 5.74) is 15.9. The lowest BCUT2D eigenvalue weighted by atomic mass is 9.98. The summed E-state index contributed by atoms with van der Waals surface area (Å²) in [6.07, 6.45) is 5.60. The molecule has 0 spiro atoms. The fourth-order valence-corrected chi connectivity index (χ4v) is 5.48. The van der Waals surface area contributed by atoms with Crippen molar-refractivity contribution in [1.29, 1.82) is 0 Å². The van der Waals surface area contributed by atoms with Crippen molar-refractivity contribution in [3.63, 3.8) is 0 Å². The zero-order valence-electron chi connectivity index (χ0n) is 21.2. The molecule has 0 fully saturated rings. The van der Waals surface area contributed by atoms with Gasteiger partial charge in [0.1, 0.15) is 11.9 Å². The van der Waals surface area contributed by atoms with Gasteiger partial charge in [0.15, 0.2) is 11.4 Å². The molecule has 4 N–H and O–H groups in total. The maximum absolute atomic E-state index is 14.1. The van der Waals surface area contributed by atoms with E-state index in [1.165, 1.54) is 12.1 Å². The molecule has 10 heteroatoms. The van der Waals surface area contributed by atoms with Crippen LogP contribution in [0.5, 0.6) is 5.75 Å². The SMILES string of the molecule is CC(Oc1c(N)ncc2c(C3=CCN(C(=O)[C@@H](N)Cc4ccccc4)CC3)coc12)c1c(Cl)ccc(F)c1Cl. The van der Waals surface area contributed by atoms with Gasteiger partial charge in [0.2, 0.25) is 11.7 Å². The predicted octanol–water partition coefficient (Wildman–Crippen LogP) is 6.18. The van der Waals surface area contributed by atoms with E-state index in [4.69, 9.17) is 43.8 Å². The minimum atomic E-state index is -0.738. The molecule has 0 radical (unpaired) electrons. The number of fused-ring (bicyclic) bond motifs is 1. The average Bonchev–Trinajstić information content (AvgIpc) is 3.37. The second-order valence-electron chi connectivity index (χ2n) is 9.44. The maximum atomic E-state index is 14.1. The molecule has 2 atom stereocenters. The van der Waals surface area contributed by atoms with Crippen molar-refractivity contribution in [3.05, 3.63) is 93.6 Å². The van der Waals surface area contributed by atoms with Crippen molar-refractivity contribution in [2.75, 3.05) is 18.8 Å². The number of hydrogen-bond acceptors (Lipinski definition) is 6. The first-order valence-electron chi connectivity index (χ1n) is 12.5. The molecule has 2 aromatic heterocycles. The van der Waals surface area contributed by atoms with Crippen LogP contribution in [0.25, 0.3) is 16.5 Å². The summed E-state index contributed by atoms with van der Waals surface area (Å²) < 4.78 is 26.1. The van der Waals surface area contributed by atoms with Gasteiger partial charge >= 0.3 is 0 Å². The van der Waals surface area contributed by atoms with Crippen LogP contribution < -0.4 is 16.2 Å². The van der Waals surface area contributed by atoms with Crippen LogP contribution in [0, 0.1) is 5.82 Å². The van der Waals surface area contributed by atoms with E-state index in [9.17, 15) is 9.18 Å². The van der Waals surface area contributed by atoms with Gasteiger partial charge in [0.05, 0.1) is 22.7 Å². The monoisotopic (exact) mass is 568 g/mol. The molecule has 39 heavy (non-hydrogen) atoms. The Morgan fingerprint density at radius 2 is 2.00 bits per heavy atom. The van der Waals surface area contributed by atoms with Gasteiger partial charge in [-0.1, -0.05) is 59.6 Å². The summed E-state index contributed by atoms with van der Waals surface area (Å²) in [4.78, 5) is 19.0. The number of pyridine rings is 1. The number of anilines is 1. The van der Waals surface area contributed by atoms with E-state index in [1.54, 1.807) is 24.3 Å². The quantitative estimate of drug-likeness (QED) is 0.258. The van der Waals surface area contributed by atoms with Crippen LogP contribution in [0.3, 0.4) is 0 Å². The lowest BCUT2D eigenvalue weighted by Gasteiger charge is -2.28. The Morgan fingerprint density at radius 1 is 1.23 bits per heavy atom. The number of nitrogens with two attached hydrogens (primary N) is 2. The van der Waals surface area contributed by atoms with Crippen molar-refractivity contribution >= 4 is 51.5 Å². The van der Waals surface area contributed by atoms with Crippen molar-refractivity contribution < 1.29 is 18.3 Å². The molecule has 7 nitrogen and oxygen atoms in total. The van der Waals surface area contributed by atoms with Crippen LogP contribution in [-0.2, 0) is 11.2 Å². The third-order valence-corrected chi connectivity index (χ3v) is 7.58. The van der Waals surface area contributed by atoms with Gasteiger partial charge in [-0.05, 0) is 43.0 Å². The molecule has 2 aromatic carbocycles. The zero-order valence-corrected chi connectivity index (χ0v) is 22.7. The smallest absolute Gasteiger partial charge is 0.240 e. The number of rotatable bonds is 7. The first-order chi connectivity index (χ1) is 18.7. The van der Waals surface area contributed by atoms with Gasteiger partial charge in [-0.3, -0.25) is 4.79 Å². The number of aromatic nitrogens is 1. The van der Waals surface area contributed by atoms with Crippen molar-refractivity contribution in [3.8, 4) is 5.75 Å². The number of benzene rings is 2. The molecule has 1 amide bonds. The molecule has 0 saturated carbocycles. The standard InChI is InChI=1S/C29H27Cl2FN4O3/c1-16(24-21(30)7-8-22(32)25(24)31)39-27-26-19(14-35-28(27)34)20(15-38-26)18-9-11-36(12-10-18)29(37)23(33)13-17-5-3-2-4-6-17/h2-9,14-16,23H,10-13,33H2,1H3,(H2,34,35)/t16?,23-/m0/s1. The van der Waals surface area contributed by atoms with Gasteiger partial charge < -0.3 is 25.5 Å². The lowest BCUT2D eigenvalue weighted by Crippen LogP contribution is -2.46. The number of hydrogen-bond donors (Lipinski definition) is 2. The van der Waals surface area contributed by atoms with Crippen molar-refractivity contribution in [1.82, 2.24) is 9.88 Å². The van der Waals surface area contributed by atoms with Crippen LogP contribution >= 0.6 is 23.2 Å². The highest BCUT2D eigenvalue weighted by Gasteiger charge is 2.26. The largest absolute Gasteiger partial charge is 0.478 e. The number of carbonyl (C=O) groups is 1. The van der Waals surface area contributed by atoms with Gasteiger partial charge in [0, 0.05) is 35.4 Å². The molecule has 4 aromatic rings. The molecule has 1 aliphatic rings. The average molecular weight is 569 g/mol. The predicted molar refractivity (Wildman–Crippen MR) is 151 cm³/mol. The lowest BCUT2D eigenvalue weighted by molar-refractivity contribution is -0.132. The van der Waals surface area contributed by atoms with E-state index in [0.29, 0.717) is 42.5 Å². The number of ether oxygens (including phenoxy) is 1. The summed E-state index contributed by atoms with van der Waals surface area (Å²) in [7, 11) is 0. The Kier molecular flexibility index (Phi) is 7.79. The molecule has 202 valence electrons. The summed E-state index contributed by atoms with van der Waals surface area (Å²) in [5, 5.41) is 0.848. The number of amides is 1.